The number of aliphatic carboxylic acids is 1. The minimum absolute atomic E-state index is 0.0653. The predicted molar refractivity (Wildman–Crippen MR) is 98.9 cm³/mol. The Bertz CT molecular complexity index is 1060. The van der Waals surface area contributed by atoms with Gasteiger partial charge in [0.2, 0.25) is 0 Å². The van der Waals surface area contributed by atoms with Crippen molar-refractivity contribution in [2.75, 3.05) is 0 Å². The molecule has 3 aromatic rings. The summed E-state index contributed by atoms with van der Waals surface area (Å²) in [6.07, 6.45) is -0.360. The molecule has 0 aliphatic carbocycles. The summed E-state index contributed by atoms with van der Waals surface area (Å²) in [6.45, 7) is -1.40. The van der Waals surface area contributed by atoms with Gasteiger partial charge in [-0.3, -0.25) is 4.79 Å². The van der Waals surface area contributed by atoms with E-state index in [1.807, 2.05) is 0 Å². The van der Waals surface area contributed by atoms with Crippen LogP contribution in [0.2, 0.25) is 0 Å². The third kappa shape index (κ3) is 4.76. The molecule has 2 aromatic carbocycles. The van der Waals surface area contributed by atoms with Gasteiger partial charge in [0.05, 0.1) is 10.6 Å². The van der Waals surface area contributed by atoms with Crippen LogP contribution < -0.4 is 4.74 Å². The second-order valence-electron chi connectivity index (χ2n) is 6.27. The SMILES string of the molecule is O=C(O)CCc1cc(F)c(OCc2c(-c3ccc(F)c(F)c3)nsc2CF)c(F)c1. The maximum absolute atomic E-state index is 14.3. The quantitative estimate of drug-likeness (QED) is 0.472. The van der Waals surface area contributed by atoms with Crippen molar-refractivity contribution in [1.29, 1.82) is 0 Å². The molecule has 0 amide bonds. The Balaban J connectivity index is 1.86. The number of benzene rings is 2. The molecule has 0 radical (unpaired) electrons. The van der Waals surface area contributed by atoms with E-state index in [9.17, 15) is 26.7 Å². The normalized spacial score (nSPS) is 11.0. The highest BCUT2D eigenvalue weighted by atomic mass is 32.1. The van der Waals surface area contributed by atoms with Gasteiger partial charge in [-0.25, -0.2) is 22.0 Å². The van der Waals surface area contributed by atoms with Crippen molar-refractivity contribution in [2.24, 2.45) is 0 Å². The lowest BCUT2D eigenvalue weighted by Crippen LogP contribution is -2.04. The molecule has 158 valence electrons. The van der Waals surface area contributed by atoms with E-state index in [-0.39, 0.29) is 40.1 Å². The molecule has 0 spiro atoms. The van der Waals surface area contributed by atoms with Crippen LogP contribution in [-0.4, -0.2) is 15.4 Å². The fraction of sp³-hybridized carbons (Fsp3) is 0.200. The lowest BCUT2D eigenvalue weighted by molar-refractivity contribution is -0.136. The molecule has 0 saturated carbocycles. The number of aryl methyl sites for hydroxylation is 1. The van der Waals surface area contributed by atoms with Crippen LogP contribution in [0, 0.1) is 23.3 Å². The molecular weight excluding hydrogens is 429 g/mol. The molecule has 1 aromatic heterocycles. The molecule has 0 bridgehead atoms. The van der Waals surface area contributed by atoms with Crippen molar-refractivity contribution < 1.29 is 36.6 Å². The van der Waals surface area contributed by atoms with Gasteiger partial charge >= 0.3 is 5.97 Å². The molecule has 3 rings (SSSR count). The number of aromatic nitrogens is 1. The van der Waals surface area contributed by atoms with Gasteiger partial charge in [0, 0.05) is 17.5 Å². The van der Waals surface area contributed by atoms with E-state index in [4.69, 9.17) is 9.84 Å². The number of alkyl halides is 1. The first-order valence-corrected chi connectivity index (χ1v) is 9.38. The largest absolute Gasteiger partial charge is 0.483 e. The van der Waals surface area contributed by atoms with Gasteiger partial charge in [-0.1, -0.05) is 0 Å². The predicted octanol–water partition coefficient (Wildman–Crippen LogP) is 5.43. The van der Waals surface area contributed by atoms with Gasteiger partial charge in [0.25, 0.3) is 0 Å². The van der Waals surface area contributed by atoms with Crippen LogP contribution in [0.4, 0.5) is 22.0 Å². The van der Waals surface area contributed by atoms with Gasteiger partial charge in [-0.05, 0) is 53.8 Å². The van der Waals surface area contributed by atoms with E-state index in [0.717, 1.165) is 35.8 Å². The standard InChI is InChI=1S/C20H14F5NO3S/c21-8-17-12(19(26-30-17)11-2-3-13(22)14(23)7-11)9-29-20-15(24)5-10(6-16(20)25)1-4-18(27)28/h2-3,5-7H,1,4,8-9H2,(H,27,28). The van der Waals surface area contributed by atoms with E-state index >= 15 is 0 Å². The average molecular weight is 443 g/mol. The van der Waals surface area contributed by atoms with Gasteiger partial charge < -0.3 is 9.84 Å². The average Bonchev–Trinajstić information content (AvgIpc) is 3.10. The molecule has 4 nitrogen and oxygen atoms in total. The zero-order chi connectivity index (χ0) is 21.8. The first-order valence-electron chi connectivity index (χ1n) is 8.61. The minimum atomic E-state index is -1.12. The van der Waals surface area contributed by atoms with Crippen LogP contribution in [-0.2, 0) is 24.5 Å². The summed E-state index contributed by atoms with van der Waals surface area (Å²) >= 11 is 0.772. The summed E-state index contributed by atoms with van der Waals surface area (Å²) in [5.41, 5.74) is 0.574. The van der Waals surface area contributed by atoms with E-state index in [2.05, 4.69) is 4.37 Å². The molecule has 1 N–H and O–H groups in total. The number of carboxylic acid groups (broad SMARTS) is 1. The van der Waals surface area contributed by atoms with Gasteiger partial charge in [-0.15, -0.1) is 0 Å². The molecule has 0 unspecified atom stereocenters. The van der Waals surface area contributed by atoms with Crippen LogP contribution >= 0.6 is 11.5 Å². The Morgan fingerprint density at radius 2 is 1.73 bits per heavy atom. The number of carboxylic acids is 1. The third-order valence-electron chi connectivity index (χ3n) is 4.23. The zero-order valence-electron chi connectivity index (χ0n) is 15.2. The molecule has 0 atom stereocenters. The number of carbonyl (C=O) groups is 1. The molecular formula is C20H14F5NO3S. The summed E-state index contributed by atoms with van der Waals surface area (Å²) in [7, 11) is 0. The van der Waals surface area contributed by atoms with Gasteiger partial charge in [0.15, 0.2) is 29.0 Å². The fourth-order valence-electron chi connectivity index (χ4n) is 2.76. The topological polar surface area (TPSA) is 59.4 Å². The van der Waals surface area contributed by atoms with Crippen molar-refractivity contribution in [1.82, 2.24) is 4.37 Å². The maximum Gasteiger partial charge on any atom is 0.303 e. The van der Waals surface area contributed by atoms with Crippen molar-refractivity contribution in [3.8, 4) is 17.0 Å². The highest BCUT2D eigenvalue weighted by Gasteiger charge is 2.20. The monoisotopic (exact) mass is 443 g/mol. The van der Waals surface area contributed by atoms with Crippen LogP contribution in [0.5, 0.6) is 5.75 Å². The minimum Gasteiger partial charge on any atom is -0.483 e. The van der Waals surface area contributed by atoms with Gasteiger partial charge in [-0.2, -0.15) is 4.37 Å². The maximum atomic E-state index is 14.3. The molecule has 0 saturated heterocycles. The number of ether oxygens (including phenoxy) is 1. The Hall–Kier alpha value is -3.01. The number of hydrogen-bond donors (Lipinski definition) is 1. The molecule has 0 aliphatic rings. The summed E-state index contributed by atoms with van der Waals surface area (Å²) < 4.78 is 77.9. The summed E-state index contributed by atoms with van der Waals surface area (Å²) in [4.78, 5) is 10.7. The molecule has 0 fully saturated rings. The number of hydrogen-bond acceptors (Lipinski definition) is 4. The second kappa shape index (κ2) is 9.21. The molecule has 30 heavy (non-hydrogen) atoms. The Morgan fingerprint density at radius 1 is 1.03 bits per heavy atom. The molecule has 10 heteroatoms. The summed E-state index contributed by atoms with van der Waals surface area (Å²) in [5, 5.41) is 8.67. The lowest BCUT2D eigenvalue weighted by Gasteiger charge is -2.11. The van der Waals surface area contributed by atoms with Crippen LogP contribution in [0.1, 0.15) is 22.4 Å². The van der Waals surface area contributed by atoms with Crippen molar-refractivity contribution in [3.05, 3.63) is 69.6 Å². The number of rotatable bonds is 8. The van der Waals surface area contributed by atoms with Crippen molar-refractivity contribution in [3.63, 3.8) is 0 Å². The first-order chi connectivity index (χ1) is 14.3. The smallest absolute Gasteiger partial charge is 0.303 e. The molecule has 1 heterocycles. The highest BCUT2D eigenvalue weighted by Crippen LogP contribution is 2.32. The molecule has 0 aliphatic heterocycles. The summed E-state index contributed by atoms with van der Waals surface area (Å²) in [6, 6.07) is 4.93. The number of halogens is 5. The Morgan fingerprint density at radius 3 is 2.33 bits per heavy atom. The Labute approximate surface area is 171 Å². The zero-order valence-corrected chi connectivity index (χ0v) is 16.0. The summed E-state index contributed by atoms with van der Waals surface area (Å²) in [5.74, 6) is -6.11. The van der Waals surface area contributed by atoms with Crippen molar-refractivity contribution in [2.45, 2.75) is 26.1 Å². The fourth-order valence-corrected chi connectivity index (χ4v) is 3.49. The Kier molecular flexibility index (Phi) is 6.66. The lowest BCUT2D eigenvalue weighted by atomic mass is 10.1. The van der Waals surface area contributed by atoms with E-state index < -0.39 is 48.3 Å². The van der Waals surface area contributed by atoms with Gasteiger partial charge in [0.1, 0.15) is 13.3 Å². The van der Waals surface area contributed by atoms with Crippen LogP contribution in [0.15, 0.2) is 30.3 Å². The van der Waals surface area contributed by atoms with Crippen LogP contribution in [0.25, 0.3) is 11.3 Å². The van der Waals surface area contributed by atoms with E-state index in [1.54, 1.807) is 0 Å². The van der Waals surface area contributed by atoms with E-state index in [0.29, 0.717) is 0 Å². The number of nitrogens with zero attached hydrogens (tertiary/aromatic N) is 1. The third-order valence-corrected chi connectivity index (χ3v) is 5.08. The first kappa shape index (κ1) is 21.7. The van der Waals surface area contributed by atoms with Crippen molar-refractivity contribution >= 4 is 17.5 Å². The van der Waals surface area contributed by atoms with E-state index in [1.165, 1.54) is 6.07 Å². The van der Waals surface area contributed by atoms with Crippen LogP contribution in [0.3, 0.4) is 0 Å². The highest BCUT2D eigenvalue weighted by molar-refractivity contribution is 7.06. The second-order valence-corrected chi connectivity index (χ2v) is 7.12.